The zero-order valence-electron chi connectivity index (χ0n) is 17.6. The summed E-state index contributed by atoms with van der Waals surface area (Å²) in [5.41, 5.74) is 0. The third-order valence-corrected chi connectivity index (χ3v) is 6.32. The number of likely N-dealkylation sites (tertiary alicyclic amines) is 1. The van der Waals surface area contributed by atoms with Crippen LogP contribution in [0.1, 0.15) is 38.5 Å². The van der Waals surface area contributed by atoms with E-state index in [4.69, 9.17) is 0 Å². The summed E-state index contributed by atoms with van der Waals surface area (Å²) in [6.45, 7) is 4.23. The maximum Gasteiger partial charge on any atom is 0.245 e. The Labute approximate surface area is 190 Å². The lowest BCUT2D eigenvalue weighted by atomic mass is 9.93. The van der Waals surface area contributed by atoms with Crippen LogP contribution in [0.2, 0.25) is 0 Å². The molecule has 1 aromatic rings. The van der Waals surface area contributed by atoms with E-state index < -0.39 is 0 Å². The summed E-state index contributed by atoms with van der Waals surface area (Å²) in [4.78, 5) is 29.6. The average molecular weight is 461 g/mol. The summed E-state index contributed by atoms with van der Waals surface area (Å²) in [5, 5.41) is 10.8. The molecular weight excluding hydrogens is 427 g/mol. The van der Waals surface area contributed by atoms with Gasteiger partial charge in [0.15, 0.2) is 5.82 Å². The minimum atomic E-state index is -0.0641. The number of nitrogens with zero attached hydrogens (tertiary/aromatic N) is 4. The molecule has 3 aliphatic heterocycles. The van der Waals surface area contributed by atoms with E-state index in [-0.39, 0.29) is 48.7 Å². The molecule has 1 aromatic heterocycles. The lowest BCUT2D eigenvalue weighted by Crippen LogP contribution is -2.56. The van der Waals surface area contributed by atoms with E-state index in [1.807, 2.05) is 24.2 Å². The minimum Gasteiger partial charge on any atom is -0.354 e. The quantitative estimate of drug-likeness (QED) is 0.692. The average Bonchev–Trinajstić information content (AvgIpc) is 3.38. The Kier molecular flexibility index (Phi) is 9.40. The number of nitrogens with one attached hydrogen (secondary N) is 2. The van der Waals surface area contributed by atoms with Gasteiger partial charge in [0.1, 0.15) is 0 Å². The molecule has 2 N–H and O–H groups in total. The molecule has 4 rings (SSSR count). The molecule has 2 amide bonds. The SMILES string of the molecule is Cl.Cl.Cn1ccc(N2CCCC(N3CCCC(CNC(=O)C4CCCN4)C3)C2=O)n1. The fraction of sp³-hybridized carbons (Fsp3) is 0.750. The fourth-order valence-corrected chi connectivity index (χ4v) is 4.79. The predicted octanol–water partition coefficient (Wildman–Crippen LogP) is 1.34. The van der Waals surface area contributed by atoms with Gasteiger partial charge in [-0.05, 0) is 57.5 Å². The number of halogens is 2. The van der Waals surface area contributed by atoms with Gasteiger partial charge >= 0.3 is 0 Å². The molecule has 30 heavy (non-hydrogen) atoms. The summed E-state index contributed by atoms with van der Waals surface area (Å²) in [5.74, 6) is 1.47. The summed E-state index contributed by atoms with van der Waals surface area (Å²) in [7, 11) is 1.88. The Morgan fingerprint density at radius 2 is 2.00 bits per heavy atom. The highest BCUT2D eigenvalue weighted by Crippen LogP contribution is 2.26. The summed E-state index contributed by atoms with van der Waals surface area (Å²) >= 11 is 0. The molecule has 3 atom stereocenters. The fourth-order valence-electron chi connectivity index (χ4n) is 4.79. The first-order valence-electron chi connectivity index (χ1n) is 10.7. The molecule has 3 aliphatic rings. The van der Waals surface area contributed by atoms with Gasteiger partial charge in [-0.25, -0.2) is 0 Å². The van der Waals surface area contributed by atoms with Crippen LogP contribution in [0.4, 0.5) is 5.82 Å². The van der Waals surface area contributed by atoms with Crippen molar-refractivity contribution in [3.63, 3.8) is 0 Å². The minimum absolute atomic E-state index is 0. The first kappa shape index (κ1) is 24.9. The highest BCUT2D eigenvalue weighted by Gasteiger charge is 2.37. The predicted molar refractivity (Wildman–Crippen MR) is 121 cm³/mol. The van der Waals surface area contributed by atoms with Crippen LogP contribution in [-0.2, 0) is 16.6 Å². The number of hydrogen-bond donors (Lipinski definition) is 2. The molecule has 0 spiro atoms. The molecule has 4 heterocycles. The van der Waals surface area contributed by atoms with Crippen molar-refractivity contribution in [2.45, 2.75) is 50.6 Å². The van der Waals surface area contributed by atoms with Crippen molar-refractivity contribution in [2.75, 3.05) is 37.6 Å². The van der Waals surface area contributed by atoms with Crippen molar-refractivity contribution >= 4 is 42.4 Å². The lowest BCUT2D eigenvalue weighted by Gasteiger charge is -2.41. The van der Waals surface area contributed by atoms with Crippen molar-refractivity contribution in [3.8, 4) is 0 Å². The van der Waals surface area contributed by atoms with Crippen molar-refractivity contribution in [2.24, 2.45) is 13.0 Å². The maximum atomic E-state index is 13.1. The number of amides is 2. The molecule has 0 aromatic carbocycles. The molecule has 0 saturated carbocycles. The highest BCUT2D eigenvalue weighted by molar-refractivity contribution is 5.97. The molecule has 170 valence electrons. The van der Waals surface area contributed by atoms with Crippen LogP contribution >= 0.6 is 24.8 Å². The van der Waals surface area contributed by atoms with Crippen molar-refractivity contribution in [1.82, 2.24) is 25.3 Å². The van der Waals surface area contributed by atoms with E-state index in [2.05, 4.69) is 20.6 Å². The topological polar surface area (TPSA) is 82.5 Å². The second-order valence-corrected chi connectivity index (χ2v) is 8.39. The molecule has 0 radical (unpaired) electrons. The van der Waals surface area contributed by atoms with Gasteiger partial charge in [-0.1, -0.05) is 0 Å². The Hall–Kier alpha value is -1.35. The van der Waals surface area contributed by atoms with E-state index in [0.717, 1.165) is 70.5 Å². The third kappa shape index (κ3) is 5.66. The molecule has 3 saturated heterocycles. The van der Waals surface area contributed by atoms with Crippen LogP contribution < -0.4 is 15.5 Å². The number of hydrogen-bond acceptors (Lipinski definition) is 5. The number of rotatable bonds is 5. The highest BCUT2D eigenvalue weighted by atomic mass is 35.5. The Balaban J connectivity index is 0.00000160. The maximum absolute atomic E-state index is 13.1. The molecule has 10 heteroatoms. The molecule has 0 bridgehead atoms. The Morgan fingerprint density at radius 3 is 2.70 bits per heavy atom. The third-order valence-electron chi connectivity index (χ3n) is 6.32. The van der Waals surface area contributed by atoms with Gasteiger partial charge in [0.05, 0.1) is 12.1 Å². The smallest absolute Gasteiger partial charge is 0.245 e. The molecule has 0 aliphatic carbocycles. The van der Waals surface area contributed by atoms with E-state index >= 15 is 0 Å². The summed E-state index contributed by atoms with van der Waals surface area (Å²) in [6, 6.07) is 1.82. The molecule has 3 unspecified atom stereocenters. The number of carbonyl (C=O) groups excluding carboxylic acids is 2. The van der Waals surface area contributed by atoms with Crippen molar-refractivity contribution in [3.05, 3.63) is 12.3 Å². The standard InChI is InChI=1S/C20H32N6O2.2ClH/c1-24-12-8-18(23-24)26-11-4-7-17(20(26)28)25-10-3-5-15(14-25)13-22-19(27)16-6-2-9-21-16;;/h8,12,15-17,21H,2-7,9-11,13-14H2,1H3,(H,22,27);2*1H. The molecular formula is C20H34Cl2N6O2. The van der Waals surface area contributed by atoms with Crippen LogP contribution in [0.3, 0.4) is 0 Å². The zero-order chi connectivity index (χ0) is 19.5. The molecule has 3 fully saturated rings. The largest absolute Gasteiger partial charge is 0.354 e. The second-order valence-electron chi connectivity index (χ2n) is 8.39. The lowest BCUT2D eigenvalue weighted by molar-refractivity contribution is -0.127. The van der Waals surface area contributed by atoms with Crippen LogP contribution in [0.5, 0.6) is 0 Å². The second kappa shape index (κ2) is 11.3. The first-order chi connectivity index (χ1) is 13.6. The molecule has 8 nitrogen and oxygen atoms in total. The van der Waals surface area contributed by atoms with E-state index in [1.54, 1.807) is 4.68 Å². The van der Waals surface area contributed by atoms with Crippen molar-refractivity contribution < 1.29 is 9.59 Å². The summed E-state index contributed by atoms with van der Waals surface area (Å²) < 4.78 is 1.74. The van der Waals surface area contributed by atoms with E-state index in [9.17, 15) is 9.59 Å². The van der Waals surface area contributed by atoms with Gasteiger partial charge < -0.3 is 10.6 Å². The van der Waals surface area contributed by atoms with Crippen LogP contribution in [0.25, 0.3) is 0 Å². The van der Waals surface area contributed by atoms with Gasteiger partial charge in [0, 0.05) is 38.9 Å². The van der Waals surface area contributed by atoms with Gasteiger partial charge in [0.2, 0.25) is 11.8 Å². The van der Waals surface area contributed by atoms with Crippen LogP contribution in [0, 0.1) is 5.92 Å². The first-order valence-corrected chi connectivity index (χ1v) is 10.7. The number of aryl methyl sites for hydroxylation is 1. The summed E-state index contributed by atoms with van der Waals surface area (Å²) in [6.07, 6.45) is 7.99. The van der Waals surface area contributed by atoms with Crippen molar-refractivity contribution in [1.29, 1.82) is 0 Å². The number of anilines is 1. The van der Waals surface area contributed by atoms with Crippen LogP contribution in [-0.4, -0.2) is 71.3 Å². The van der Waals surface area contributed by atoms with Gasteiger partial charge in [0.25, 0.3) is 0 Å². The van der Waals surface area contributed by atoms with Gasteiger partial charge in [-0.2, -0.15) is 5.10 Å². The van der Waals surface area contributed by atoms with Gasteiger partial charge in [-0.3, -0.25) is 24.1 Å². The monoisotopic (exact) mass is 460 g/mol. The normalized spacial score (nSPS) is 27.3. The van der Waals surface area contributed by atoms with E-state index in [1.165, 1.54) is 0 Å². The Morgan fingerprint density at radius 1 is 1.20 bits per heavy atom. The Bertz CT molecular complexity index is 709. The van der Waals surface area contributed by atoms with Gasteiger partial charge in [-0.15, -0.1) is 24.8 Å². The van der Waals surface area contributed by atoms with Crippen LogP contribution in [0.15, 0.2) is 12.3 Å². The number of piperidine rings is 2. The number of aromatic nitrogens is 2. The zero-order valence-corrected chi connectivity index (χ0v) is 19.2. The van der Waals surface area contributed by atoms with E-state index in [0.29, 0.717) is 12.5 Å². The number of carbonyl (C=O) groups is 2.